The SMILES string of the molecule is O=C(CN1CCN(c2ncnc3scc(-c4ccc(Cl)cc4)c23)CC1)NC1CC1. The Balaban J connectivity index is 1.34. The highest BCUT2D eigenvalue weighted by Gasteiger charge is 2.26. The molecular weight excluding hydrogens is 406 g/mol. The highest BCUT2D eigenvalue weighted by atomic mass is 35.5. The molecule has 0 bridgehead atoms. The van der Waals surface area contributed by atoms with Gasteiger partial charge in [-0.15, -0.1) is 11.3 Å². The van der Waals surface area contributed by atoms with E-state index in [1.165, 1.54) is 0 Å². The molecule has 5 rings (SSSR count). The molecule has 3 aromatic rings. The first-order valence-corrected chi connectivity index (χ1v) is 11.2. The summed E-state index contributed by atoms with van der Waals surface area (Å²) in [5.74, 6) is 1.12. The van der Waals surface area contributed by atoms with Crippen LogP contribution in [0.3, 0.4) is 0 Å². The molecule has 1 saturated heterocycles. The van der Waals surface area contributed by atoms with Crippen LogP contribution in [0.2, 0.25) is 5.02 Å². The van der Waals surface area contributed by atoms with Crippen molar-refractivity contribution in [2.24, 2.45) is 0 Å². The second-order valence-electron chi connectivity index (χ2n) is 7.64. The van der Waals surface area contributed by atoms with E-state index in [0.717, 1.165) is 71.2 Å². The van der Waals surface area contributed by atoms with Crippen molar-refractivity contribution in [2.45, 2.75) is 18.9 Å². The molecular formula is C21H22ClN5OS. The Morgan fingerprint density at radius 3 is 2.62 bits per heavy atom. The van der Waals surface area contributed by atoms with Gasteiger partial charge in [0.1, 0.15) is 17.0 Å². The standard InChI is InChI=1S/C21H22ClN5OS/c22-15-3-1-14(2-4-15)17-12-29-21-19(17)20(23-13-24-21)27-9-7-26(8-10-27)11-18(28)25-16-5-6-16/h1-4,12-13,16H,5-11H2,(H,25,28). The van der Waals surface area contributed by atoms with Gasteiger partial charge in [0.2, 0.25) is 5.91 Å². The monoisotopic (exact) mass is 427 g/mol. The zero-order valence-electron chi connectivity index (χ0n) is 16.0. The lowest BCUT2D eigenvalue weighted by molar-refractivity contribution is -0.122. The molecule has 1 aliphatic carbocycles. The molecule has 1 aromatic carbocycles. The van der Waals surface area contributed by atoms with Crippen LogP contribution in [-0.2, 0) is 4.79 Å². The molecule has 1 saturated carbocycles. The number of fused-ring (bicyclic) bond motifs is 1. The second kappa shape index (κ2) is 7.89. The van der Waals surface area contributed by atoms with Crippen molar-refractivity contribution >= 4 is 44.9 Å². The third-order valence-electron chi connectivity index (χ3n) is 5.49. The maximum Gasteiger partial charge on any atom is 0.234 e. The van der Waals surface area contributed by atoms with Crippen molar-refractivity contribution in [1.82, 2.24) is 20.2 Å². The van der Waals surface area contributed by atoms with Gasteiger partial charge in [-0.2, -0.15) is 0 Å². The van der Waals surface area contributed by atoms with Crippen LogP contribution < -0.4 is 10.2 Å². The Hall–Kier alpha value is -2.22. The first kappa shape index (κ1) is 18.8. The van der Waals surface area contributed by atoms with Crippen molar-refractivity contribution < 1.29 is 4.79 Å². The molecule has 0 unspecified atom stereocenters. The number of rotatable bonds is 5. The summed E-state index contributed by atoms with van der Waals surface area (Å²) in [7, 11) is 0. The number of aromatic nitrogens is 2. The van der Waals surface area contributed by atoms with E-state index in [4.69, 9.17) is 11.6 Å². The van der Waals surface area contributed by atoms with Gasteiger partial charge in [-0.25, -0.2) is 9.97 Å². The van der Waals surface area contributed by atoms with Gasteiger partial charge in [0.25, 0.3) is 0 Å². The largest absolute Gasteiger partial charge is 0.353 e. The van der Waals surface area contributed by atoms with Crippen LogP contribution in [0.1, 0.15) is 12.8 Å². The summed E-state index contributed by atoms with van der Waals surface area (Å²) in [6.45, 7) is 3.88. The van der Waals surface area contributed by atoms with Crippen molar-refractivity contribution in [3.8, 4) is 11.1 Å². The average Bonchev–Trinajstić information content (AvgIpc) is 3.44. The zero-order valence-corrected chi connectivity index (χ0v) is 17.5. The first-order valence-electron chi connectivity index (χ1n) is 9.92. The Kier molecular flexibility index (Phi) is 5.11. The summed E-state index contributed by atoms with van der Waals surface area (Å²) < 4.78 is 0. The van der Waals surface area contributed by atoms with E-state index >= 15 is 0 Å². The average molecular weight is 428 g/mol. The number of thiophene rings is 1. The molecule has 0 atom stereocenters. The van der Waals surface area contributed by atoms with Crippen molar-refractivity contribution in [1.29, 1.82) is 0 Å². The van der Waals surface area contributed by atoms with Gasteiger partial charge in [0, 0.05) is 48.2 Å². The summed E-state index contributed by atoms with van der Waals surface area (Å²) in [4.78, 5) is 26.7. The van der Waals surface area contributed by atoms with Crippen LogP contribution in [0.5, 0.6) is 0 Å². The van der Waals surface area contributed by atoms with Crippen LogP contribution in [0.4, 0.5) is 5.82 Å². The van der Waals surface area contributed by atoms with E-state index in [1.54, 1.807) is 17.7 Å². The van der Waals surface area contributed by atoms with E-state index in [9.17, 15) is 4.79 Å². The lowest BCUT2D eigenvalue weighted by Crippen LogP contribution is -2.50. The molecule has 1 N–H and O–H groups in total. The van der Waals surface area contributed by atoms with Crippen LogP contribution >= 0.6 is 22.9 Å². The number of nitrogens with zero attached hydrogens (tertiary/aromatic N) is 4. The lowest BCUT2D eigenvalue weighted by atomic mass is 10.1. The molecule has 2 aromatic heterocycles. The minimum Gasteiger partial charge on any atom is -0.353 e. The smallest absolute Gasteiger partial charge is 0.234 e. The van der Waals surface area contributed by atoms with Crippen molar-refractivity contribution in [3.05, 3.63) is 41.0 Å². The summed E-state index contributed by atoms with van der Waals surface area (Å²) in [5.41, 5.74) is 2.26. The second-order valence-corrected chi connectivity index (χ2v) is 8.93. The van der Waals surface area contributed by atoms with Crippen LogP contribution in [-0.4, -0.2) is 59.5 Å². The molecule has 150 valence electrons. The molecule has 29 heavy (non-hydrogen) atoms. The van der Waals surface area contributed by atoms with Gasteiger partial charge in [0.05, 0.1) is 11.9 Å². The van der Waals surface area contributed by atoms with E-state index in [0.29, 0.717) is 12.6 Å². The molecule has 1 aliphatic heterocycles. The van der Waals surface area contributed by atoms with Gasteiger partial charge in [-0.3, -0.25) is 9.69 Å². The summed E-state index contributed by atoms with van der Waals surface area (Å²) >= 11 is 7.70. The van der Waals surface area contributed by atoms with E-state index < -0.39 is 0 Å². The maximum absolute atomic E-state index is 12.1. The van der Waals surface area contributed by atoms with Crippen molar-refractivity contribution in [3.63, 3.8) is 0 Å². The van der Waals surface area contributed by atoms with Gasteiger partial charge >= 0.3 is 0 Å². The third-order valence-corrected chi connectivity index (χ3v) is 6.63. The Morgan fingerprint density at radius 2 is 1.90 bits per heavy atom. The molecule has 2 aliphatic rings. The fourth-order valence-electron chi connectivity index (χ4n) is 3.76. The molecule has 2 fully saturated rings. The Morgan fingerprint density at radius 1 is 1.14 bits per heavy atom. The highest BCUT2D eigenvalue weighted by Crippen LogP contribution is 2.38. The predicted octanol–water partition coefficient (Wildman–Crippen LogP) is 3.41. The van der Waals surface area contributed by atoms with Crippen molar-refractivity contribution in [2.75, 3.05) is 37.6 Å². The zero-order chi connectivity index (χ0) is 19.8. The molecule has 6 nitrogen and oxygen atoms in total. The van der Waals surface area contributed by atoms with E-state index in [1.807, 2.05) is 24.3 Å². The first-order chi connectivity index (χ1) is 14.2. The molecule has 3 heterocycles. The molecule has 8 heteroatoms. The number of carbonyl (C=O) groups excluding carboxylic acids is 1. The van der Waals surface area contributed by atoms with Gasteiger partial charge in [0.15, 0.2) is 0 Å². The Bertz CT molecular complexity index is 1030. The molecule has 0 spiro atoms. The predicted molar refractivity (Wildman–Crippen MR) is 118 cm³/mol. The number of anilines is 1. The van der Waals surface area contributed by atoms with Gasteiger partial charge in [-0.1, -0.05) is 23.7 Å². The minimum absolute atomic E-state index is 0.147. The number of nitrogens with one attached hydrogen (secondary N) is 1. The number of carbonyl (C=O) groups is 1. The summed E-state index contributed by atoms with van der Waals surface area (Å²) in [6, 6.07) is 8.32. The van der Waals surface area contributed by atoms with Gasteiger partial charge < -0.3 is 10.2 Å². The number of hydrogen-bond donors (Lipinski definition) is 1. The fourth-order valence-corrected chi connectivity index (χ4v) is 4.80. The summed E-state index contributed by atoms with van der Waals surface area (Å²) in [6.07, 6.45) is 3.90. The number of hydrogen-bond acceptors (Lipinski definition) is 6. The normalized spacial score (nSPS) is 17.6. The maximum atomic E-state index is 12.1. The molecule has 0 radical (unpaired) electrons. The van der Waals surface area contributed by atoms with Crippen LogP contribution in [0, 0.1) is 0 Å². The topological polar surface area (TPSA) is 61.4 Å². The fraction of sp³-hybridized carbons (Fsp3) is 0.381. The number of piperazine rings is 1. The van der Waals surface area contributed by atoms with Gasteiger partial charge in [-0.05, 0) is 30.5 Å². The lowest BCUT2D eigenvalue weighted by Gasteiger charge is -2.35. The quantitative estimate of drug-likeness (QED) is 0.676. The highest BCUT2D eigenvalue weighted by molar-refractivity contribution is 7.17. The third kappa shape index (κ3) is 4.08. The van der Waals surface area contributed by atoms with E-state index in [2.05, 4.69) is 30.5 Å². The Labute approximate surface area is 178 Å². The van der Waals surface area contributed by atoms with E-state index in [-0.39, 0.29) is 5.91 Å². The number of benzene rings is 1. The van der Waals surface area contributed by atoms with Crippen LogP contribution in [0.15, 0.2) is 36.0 Å². The molecule has 1 amide bonds. The minimum atomic E-state index is 0.147. The van der Waals surface area contributed by atoms with Crippen LogP contribution in [0.25, 0.3) is 21.3 Å². The number of amides is 1. The number of halogens is 1. The summed E-state index contributed by atoms with van der Waals surface area (Å²) in [5, 5.41) is 7.04.